The van der Waals surface area contributed by atoms with Crippen molar-refractivity contribution >= 4 is 11.3 Å². The van der Waals surface area contributed by atoms with Crippen LogP contribution in [0.15, 0.2) is 18.2 Å². The molecule has 0 aliphatic carbocycles. The molecular formula is C8H14N3S+. The second-order valence-electron chi connectivity index (χ2n) is 3.39. The molecule has 1 aromatic heterocycles. The fourth-order valence-electron chi connectivity index (χ4n) is 0.999. The van der Waals surface area contributed by atoms with Crippen molar-refractivity contribution in [3.63, 3.8) is 0 Å². The summed E-state index contributed by atoms with van der Waals surface area (Å²) in [5.41, 5.74) is 1.84. The molecule has 66 valence electrons. The summed E-state index contributed by atoms with van der Waals surface area (Å²) in [4.78, 5) is 1.35. The molecule has 0 saturated carbocycles. The number of hydrogen-bond donors (Lipinski definition) is 1. The Morgan fingerprint density at radius 1 is 1.83 bits per heavy atom. The third-order valence-corrected chi connectivity index (χ3v) is 2.89. The van der Waals surface area contributed by atoms with E-state index in [0.717, 1.165) is 11.4 Å². The van der Waals surface area contributed by atoms with Crippen molar-refractivity contribution in [2.45, 2.75) is 25.7 Å². The van der Waals surface area contributed by atoms with Crippen molar-refractivity contribution < 1.29 is 4.79 Å². The van der Waals surface area contributed by atoms with Gasteiger partial charge in [0.25, 0.3) is 5.51 Å². The zero-order valence-electron chi connectivity index (χ0n) is 7.45. The van der Waals surface area contributed by atoms with E-state index in [0.29, 0.717) is 0 Å². The molecule has 0 bridgehead atoms. The van der Waals surface area contributed by atoms with Gasteiger partial charge in [-0.15, -0.1) is 6.58 Å². The third kappa shape index (κ3) is 1.82. The highest BCUT2D eigenvalue weighted by molar-refractivity contribution is 7.09. The molecule has 0 unspecified atom stereocenters. The first-order valence-corrected chi connectivity index (χ1v) is 4.68. The van der Waals surface area contributed by atoms with Crippen molar-refractivity contribution in [1.29, 1.82) is 0 Å². The van der Waals surface area contributed by atoms with Gasteiger partial charge in [-0.1, -0.05) is 19.9 Å². The topological polar surface area (TPSA) is 42.8 Å². The lowest BCUT2D eigenvalue weighted by Gasteiger charge is -2.16. The summed E-state index contributed by atoms with van der Waals surface area (Å²) in [6, 6.07) is 0. The lowest BCUT2D eigenvalue weighted by atomic mass is 9.90. The summed E-state index contributed by atoms with van der Waals surface area (Å²) in [6.45, 7) is 7.98. The Kier molecular flexibility index (Phi) is 2.47. The molecule has 0 atom stereocenters. The zero-order valence-corrected chi connectivity index (χ0v) is 8.27. The van der Waals surface area contributed by atoms with Crippen LogP contribution in [0.1, 0.15) is 25.3 Å². The van der Waals surface area contributed by atoms with E-state index in [1.807, 2.05) is 6.08 Å². The Morgan fingerprint density at radius 2 is 2.50 bits per heavy atom. The Bertz CT molecular complexity index is 278. The van der Waals surface area contributed by atoms with E-state index in [4.69, 9.17) is 5.84 Å². The van der Waals surface area contributed by atoms with Crippen LogP contribution < -0.4 is 10.6 Å². The first kappa shape index (κ1) is 9.19. The summed E-state index contributed by atoms with van der Waals surface area (Å²) in [7, 11) is 0. The van der Waals surface area contributed by atoms with E-state index < -0.39 is 0 Å². The van der Waals surface area contributed by atoms with Crippen LogP contribution in [-0.4, -0.2) is 5.10 Å². The van der Waals surface area contributed by atoms with Crippen LogP contribution in [0.5, 0.6) is 0 Å². The van der Waals surface area contributed by atoms with Crippen molar-refractivity contribution in [1.82, 2.24) is 5.10 Å². The number of hydrogen-bond acceptors (Lipinski definition) is 3. The van der Waals surface area contributed by atoms with Crippen LogP contribution in [-0.2, 0) is 5.41 Å². The molecule has 1 heterocycles. The van der Waals surface area contributed by atoms with Gasteiger partial charge in [-0.25, -0.2) is 0 Å². The van der Waals surface area contributed by atoms with E-state index in [9.17, 15) is 0 Å². The molecule has 3 nitrogen and oxygen atoms in total. The van der Waals surface area contributed by atoms with Gasteiger partial charge in [-0.2, -0.15) is 5.84 Å². The molecule has 4 heteroatoms. The molecule has 0 aromatic carbocycles. The van der Waals surface area contributed by atoms with Gasteiger partial charge >= 0.3 is 0 Å². The number of rotatable bonds is 3. The summed E-state index contributed by atoms with van der Waals surface area (Å²) in [5, 5.41) is 5.21. The van der Waals surface area contributed by atoms with Gasteiger partial charge in [0, 0.05) is 15.3 Å². The van der Waals surface area contributed by atoms with Crippen molar-refractivity contribution in [3.8, 4) is 0 Å². The fraction of sp³-hybridized carbons (Fsp3) is 0.500. The van der Waals surface area contributed by atoms with Crippen molar-refractivity contribution in [2.75, 3.05) is 5.84 Å². The van der Waals surface area contributed by atoms with Crippen LogP contribution in [0.3, 0.4) is 0 Å². The van der Waals surface area contributed by atoms with E-state index in [1.165, 1.54) is 4.79 Å². The number of aromatic nitrogens is 2. The fourth-order valence-corrected chi connectivity index (χ4v) is 1.80. The predicted octanol–water partition coefficient (Wildman–Crippen LogP) is 0.998. The number of nitrogen functional groups attached to an aromatic ring is 1. The maximum Gasteiger partial charge on any atom is 0.286 e. The number of allylic oxidation sites excluding steroid dienone is 1. The van der Waals surface area contributed by atoms with E-state index in [1.54, 1.807) is 16.8 Å². The Hall–Kier alpha value is -0.900. The van der Waals surface area contributed by atoms with Crippen LogP contribution >= 0.6 is 11.3 Å². The summed E-state index contributed by atoms with van der Waals surface area (Å²) in [5.74, 6) is 5.46. The van der Waals surface area contributed by atoms with E-state index in [-0.39, 0.29) is 5.41 Å². The van der Waals surface area contributed by atoms with Crippen LogP contribution in [0.2, 0.25) is 0 Å². The Morgan fingerprint density at radius 3 is 2.92 bits per heavy atom. The van der Waals surface area contributed by atoms with Crippen molar-refractivity contribution in [3.05, 3.63) is 23.2 Å². The number of nitrogens with zero attached hydrogens (tertiary/aromatic N) is 2. The minimum atomic E-state index is 0.0526. The van der Waals surface area contributed by atoms with E-state index >= 15 is 0 Å². The molecule has 1 rings (SSSR count). The number of nitrogens with two attached hydrogens (primary N) is 1. The average Bonchev–Trinajstić information content (AvgIpc) is 2.36. The molecule has 2 N–H and O–H groups in total. The molecule has 12 heavy (non-hydrogen) atoms. The minimum absolute atomic E-state index is 0.0526. The molecule has 0 amide bonds. The second kappa shape index (κ2) is 3.23. The summed E-state index contributed by atoms with van der Waals surface area (Å²) < 4.78 is 0. The molecule has 0 aliphatic heterocycles. The molecule has 0 aliphatic rings. The lowest BCUT2D eigenvalue weighted by molar-refractivity contribution is -0.695. The Balaban J connectivity index is 2.88. The van der Waals surface area contributed by atoms with Gasteiger partial charge < -0.3 is 0 Å². The average molecular weight is 184 g/mol. The first-order chi connectivity index (χ1) is 5.56. The molecule has 0 radical (unpaired) electrons. The normalized spacial score (nSPS) is 11.5. The van der Waals surface area contributed by atoms with Crippen LogP contribution in [0.4, 0.5) is 0 Å². The van der Waals surface area contributed by atoms with E-state index in [2.05, 4.69) is 25.5 Å². The van der Waals surface area contributed by atoms with Gasteiger partial charge in [0.1, 0.15) is 0 Å². The summed E-state index contributed by atoms with van der Waals surface area (Å²) in [6.07, 6.45) is 2.82. The van der Waals surface area contributed by atoms with Gasteiger partial charge in [0.2, 0.25) is 0 Å². The standard InChI is InChI=1S/C8H14N3S/c1-4-5-8(2,3)7-10-11(9)6-12-7/h4,6H,1,5,9H2,2-3H3/q+1. The third-order valence-electron chi connectivity index (χ3n) is 1.71. The van der Waals surface area contributed by atoms with Gasteiger partial charge in [0.05, 0.1) is 0 Å². The molecule has 0 spiro atoms. The monoisotopic (exact) mass is 184 g/mol. The molecular weight excluding hydrogens is 170 g/mol. The van der Waals surface area contributed by atoms with Crippen LogP contribution in [0.25, 0.3) is 0 Å². The molecule has 0 saturated heterocycles. The zero-order chi connectivity index (χ0) is 9.19. The quantitative estimate of drug-likeness (QED) is 0.432. The Labute approximate surface area is 76.5 Å². The maximum atomic E-state index is 5.46. The highest BCUT2D eigenvalue weighted by Gasteiger charge is 2.25. The van der Waals surface area contributed by atoms with Gasteiger partial charge in [-0.3, -0.25) is 0 Å². The minimum Gasteiger partial charge on any atom is -0.180 e. The molecule has 0 fully saturated rings. The lowest BCUT2D eigenvalue weighted by Crippen LogP contribution is -2.46. The largest absolute Gasteiger partial charge is 0.286 e. The first-order valence-electron chi connectivity index (χ1n) is 3.80. The highest BCUT2D eigenvalue weighted by atomic mass is 32.1. The maximum absolute atomic E-state index is 5.46. The van der Waals surface area contributed by atoms with Gasteiger partial charge in [0.15, 0.2) is 5.01 Å². The van der Waals surface area contributed by atoms with Crippen molar-refractivity contribution in [2.24, 2.45) is 0 Å². The van der Waals surface area contributed by atoms with Crippen LogP contribution in [0, 0.1) is 0 Å². The summed E-state index contributed by atoms with van der Waals surface area (Å²) >= 11 is 1.58. The SMILES string of the molecule is C=CCC(C)(C)c1n[n+](N)cs1. The second-order valence-corrected chi connectivity index (χ2v) is 4.22. The molecule has 1 aromatic rings. The highest BCUT2D eigenvalue weighted by Crippen LogP contribution is 2.27. The van der Waals surface area contributed by atoms with Gasteiger partial charge in [-0.05, 0) is 17.8 Å². The smallest absolute Gasteiger partial charge is 0.180 e. The predicted molar refractivity (Wildman–Crippen MR) is 50.3 cm³/mol.